The zero-order chi connectivity index (χ0) is 8.55. The van der Waals surface area contributed by atoms with Gasteiger partial charge >= 0.3 is 0 Å². The van der Waals surface area contributed by atoms with Gasteiger partial charge in [0.15, 0.2) is 0 Å². The third-order valence-corrected chi connectivity index (χ3v) is 2.19. The van der Waals surface area contributed by atoms with Gasteiger partial charge in [-0.2, -0.15) is 0 Å². The van der Waals surface area contributed by atoms with Crippen molar-refractivity contribution in [3.63, 3.8) is 0 Å². The lowest BCUT2D eigenvalue weighted by atomic mass is 10.3. The second-order valence-corrected chi connectivity index (χ2v) is 3.18. The summed E-state index contributed by atoms with van der Waals surface area (Å²) >= 11 is 0. The fraction of sp³-hybridized carbons (Fsp3) is 0.625. The van der Waals surface area contributed by atoms with E-state index in [4.69, 9.17) is 10.3 Å². The predicted molar refractivity (Wildman–Crippen MR) is 45.3 cm³/mol. The molecule has 66 valence electrons. The lowest BCUT2D eigenvalue weighted by Crippen LogP contribution is -2.17. The Morgan fingerprint density at radius 1 is 1.58 bits per heavy atom. The number of nitrogen functional groups attached to an aromatic ring is 1. The van der Waals surface area contributed by atoms with Gasteiger partial charge in [-0.15, -0.1) is 0 Å². The van der Waals surface area contributed by atoms with Gasteiger partial charge in [0.1, 0.15) is 5.69 Å². The molecule has 0 atom stereocenters. The number of hydrogen-bond acceptors (Lipinski definition) is 4. The Balaban J connectivity index is 2.12. The Hall–Kier alpha value is -1.03. The predicted octanol–water partition coefficient (Wildman–Crippen LogP) is 0.982. The maximum Gasteiger partial charge on any atom is 0.226 e. The van der Waals surface area contributed by atoms with Crippen molar-refractivity contribution in [3.05, 3.63) is 11.3 Å². The minimum absolute atomic E-state index is 0.489. The molecule has 12 heavy (non-hydrogen) atoms. The summed E-state index contributed by atoms with van der Waals surface area (Å²) in [7, 11) is 0. The van der Waals surface area contributed by atoms with Gasteiger partial charge in [0.2, 0.25) is 5.88 Å². The van der Waals surface area contributed by atoms with Gasteiger partial charge < -0.3 is 10.3 Å². The van der Waals surface area contributed by atoms with Crippen molar-refractivity contribution in [2.75, 3.05) is 12.3 Å². The van der Waals surface area contributed by atoms with Crippen LogP contribution in [0.3, 0.4) is 0 Å². The van der Waals surface area contributed by atoms with Crippen LogP contribution in [0.15, 0.2) is 4.52 Å². The molecule has 0 fully saturated rings. The number of aromatic nitrogens is 1. The Bertz CT molecular complexity index is 282. The van der Waals surface area contributed by atoms with E-state index < -0.39 is 0 Å². The van der Waals surface area contributed by atoms with Crippen LogP contribution in [0.1, 0.15) is 24.6 Å². The van der Waals surface area contributed by atoms with Crippen LogP contribution < -0.4 is 5.73 Å². The Morgan fingerprint density at radius 2 is 2.42 bits per heavy atom. The number of rotatable bonds is 2. The zero-order valence-corrected chi connectivity index (χ0v) is 7.21. The van der Waals surface area contributed by atoms with E-state index in [0.717, 1.165) is 30.9 Å². The van der Waals surface area contributed by atoms with E-state index >= 15 is 0 Å². The van der Waals surface area contributed by atoms with E-state index in [2.05, 4.69) is 17.0 Å². The summed E-state index contributed by atoms with van der Waals surface area (Å²) in [5, 5.41) is 3.89. The number of nitrogens with zero attached hydrogens (tertiary/aromatic N) is 2. The summed E-state index contributed by atoms with van der Waals surface area (Å²) in [6.45, 7) is 5.07. The van der Waals surface area contributed by atoms with Crippen LogP contribution in [0.5, 0.6) is 0 Å². The monoisotopic (exact) mass is 167 g/mol. The molecule has 0 saturated heterocycles. The van der Waals surface area contributed by atoms with E-state index in [-0.39, 0.29) is 0 Å². The van der Waals surface area contributed by atoms with Crippen LogP contribution in [0.25, 0.3) is 0 Å². The molecule has 0 saturated carbocycles. The highest BCUT2D eigenvalue weighted by Gasteiger charge is 2.24. The zero-order valence-electron chi connectivity index (χ0n) is 7.21. The Morgan fingerprint density at radius 3 is 3.08 bits per heavy atom. The van der Waals surface area contributed by atoms with Gasteiger partial charge in [-0.25, -0.2) is 0 Å². The van der Waals surface area contributed by atoms with Gasteiger partial charge in [-0.1, -0.05) is 12.1 Å². The fourth-order valence-corrected chi connectivity index (χ4v) is 1.62. The summed E-state index contributed by atoms with van der Waals surface area (Å²) in [5.74, 6) is 0.489. The van der Waals surface area contributed by atoms with Gasteiger partial charge in [0.05, 0.1) is 5.56 Å². The molecular formula is C8H13N3O. The number of fused-ring (bicyclic) bond motifs is 1. The highest BCUT2D eigenvalue weighted by Crippen LogP contribution is 2.26. The maximum absolute atomic E-state index is 5.59. The molecule has 0 aliphatic carbocycles. The third-order valence-electron chi connectivity index (χ3n) is 2.19. The van der Waals surface area contributed by atoms with E-state index in [1.54, 1.807) is 0 Å². The fourth-order valence-electron chi connectivity index (χ4n) is 1.62. The van der Waals surface area contributed by atoms with Crippen molar-refractivity contribution in [1.82, 2.24) is 10.1 Å². The standard InChI is InChI=1S/C8H13N3O/c1-2-3-11-4-6-7(5-11)10-12-8(6)9/h2-5,9H2,1H3. The summed E-state index contributed by atoms with van der Waals surface area (Å²) in [6, 6.07) is 0. The smallest absolute Gasteiger partial charge is 0.226 e. The van der Waals surface area contributed by atoms with Crippen molar-refractivity contribution in [1.29, 1.82) is 0 Å². The molecule has 1 aromatic rings. The van der Waals surface area contributed by atoms with Crippen LogP contribution in [-0.4, -0.2) is 16.6 Å². The van der Waals surface area contributed by atoms with E-state index in [1.807, 2.05) is 0 Å². The van der Waals surface area contributed by atoms with Crippen molar-refractivity contribution >= 4 is 5.88 Å². The maximum atomic E-state index is 5.59. The second kappa shape index (κ2) is 2.79. The molecule has 1 aromatic heterocycles. The molecule has 0 bridgehead atoms. The minimum Gasteiger partial charge on any atom is -0.367 e. The van der Waals surface area contributed by atoms with Crippen LogP contribution >= 0.6 is 0 Å². The number of anilines is 1. The Labute approximate surface area is 71.3 Å². The molecule has 4 heteroatoms. The quantitative estimate of drug-likeness (QED) is 0.713. The highest BCUT2D eigenvalue weighted by molar-refractivity contribution is 5.40. The van der Waals surface area contributed by atoms with Gasteiger partial charge in [0, 0.05) is 13.1 Å². The molecule has 0 unspecified atom stereocenters. The summed E-state index contributed by atoms with van der Waals surface area (Å²) in [4.78, 5) is 2.32. The molecule has 0 radical (unpaired) electrons. The largest absolute Gasteiger partial charge is 0.367 e. The SMILES string of the molecule is CCCN1Cc2noc(N)c2C1. The molecule has 0 amide bonds. The lowest BCUT2D eigenvalue weighted by molar-refractivity contribution is 0.271. The molecular weight excluding hydrogens is 154 g/mol. The summed E-state index contributed by atoms with van der Waals surface area (Å²) in [5.41, 5.74) is 7.70. The molecule has 1 aliphatic rings. The van der Waals surface area contributed by atoms with Gasteiger partial charge in [-0.05, 0) is 13.0 Å². The highest BCUT2D eigenvalue weighted by atomic mass is 16.5. The van der Waals surface area contributed by atoms with Crippen LogP contribution in [0, 0.1) is 0 Å². The number of hydrogen-bond donors (Lipinski definition) is 1. The minimum atomic E-state index is 0.489. The first-order valence-corrected chi connectivity index (χ1v) is 4.26. The first kappa shape index (κ1) is 7.61. The molecule has 0 aromatic carbocycles. The first-order valence-electron chi connectivity index (χ1n) is 4.26. The van der Waals surface area contributed by atoms with E-state index in [9.17, 15) is 0 Å². The van der Waals surface area contributed by atoms with Crippen molar-refractivity contribution in [3.8, 4) is 0 Å². The van der Waals surface area contributed by atoms with Crippen LogP contribution in [0.2, 0.25) is 0 Å². The molecule has 1 aliphatic heterocycles. The molecule has 0 spiro atoms. The third kappa shape index (κ3) is 1.08. The normalized spacial score (nSPS) is 16.8. The molecule has 4 nitrogen and oxygen atoms in total. The average Bonchev–Trinajstić information content (AvgIpc) is 2.55. The average molecular weight is 167 g/mol. The molecule has 2 heterocycles. The topological polar surface area (TPSA) is 55.3 Å². The Kier molecular flexibility index (Phi) is 1.77. The molecule has 2 N–H and O–H groups in total. The van der Waals surface area contributed by atoms with Crippen LogP contribution in [-0.2, 0) is 13.1 Å². The van der Waals surface area contributed by atoms with Crippen molar-refractivity contribution < 1.29 is 4.52 Å². The van der Waals surface area contributed by atoms with Crippen molar-refractivity contribution in [2.45, 2.75) is 26.4 Å². The van der Waals surface area contributed by atoms with Crippen molar-refractivity contribution in [2.24, 2.45) is 0 Å². The lowest BCUT2D eigenvalue weighted by Gasteiger charge is -2.11. The summed E-state index contributed by atoms with van der Waals surface area (Å²) < 4.78 is 4.86. The molecule has 2 rings (SSSR count). The first-order chi connectivity index (χ1) is 5.81. The van der Waals surface area contributed by atoms with E-state index in [1.165, 1.54) is 6.42 Å². The van der Waals surface area contributed by atoms with E-state index in [0.29, 0.717) is 5.88 Å². The number of nitrogens with two attached hydrogens (primary N) is 1. The van der Waals surface area contributed by atoms with Gasteiger partial charge in [0.25, 0.3) is 0 Å². The summed E-state index contributed by atoms with van der Waals surface area (Å²) in [6.07, 6.45) is 1.17. The second-order valence-electron chi connectivity index (χ2n) is 3.18. The van der Waals surface area contributed by atoms with Crippen LogP contribution in [0.4, 0.5) is 5.88 Å². The van der Waals surface area contributed by atoms with Gasteiger partial charge in [-0.3, -0.25) is 4.90 Å².